The number of fused-ring (bicyclic) bond motifs is 1. The lowest BCUT2D eigenvalue weighted by Gasteiger charge is -2.21. The number of guanidine groups is 1. The predicted octanol–water partition coefficient (Wildman–Crippen LogP) is 3.55. The Bertz CT molecular complexity index is 885. The standard InChI is InChI=1S/C24H32N4O2/c1-17-11-12-22(30-4)21(14-17)18(2)27-24(25-3)26-13-7-10-23(29)28-15-19-8-5-6-9-20(19)16-28/h5-6,8-9,11-12,14,18H,7,10,13,15-16H2,1-4H3,(H2,25,26,27). The molecule has 0 aromatic heterocycles. The largest absolute Gasteiger partial charge is 0.496 e. The van der Waals surface area contributed by atoms with E-state index in [0.717, 1.165) is 30.8 Å². The molecule has 6 heteroatoms. The summed E-state index contributed by atoms with van der Waals surface area (Å²) in [4.78, 5) is 18.8. The van der Waals surface area contributed by atoms with Gasteiger partial charge in [0.25, 0.3) is 0 Å². The van der Waals surface area contributed by atoms with E-state index in [-0.39, 0.29) is 11.9 Å². The molecule has 1 aliphatic heterocycles. The maximum Gasteiger partial charge on any atom is 0.223 e. The lowest BCUT2D eigenvalue weighted by molar-refractivity contribution is -0.131. The van der Waals surface area contributed by atoms with Crippen LogP contribution in [0.5, 0.6) is 5.75 Å². The van der Waals surface area contributed by atoms with Crippen LogP contribution in [0.2, 0.25) is 0 Å². The molecule has 0 radical (unpaired) electrons. The van der Waals surface area contributed by atoms with Crippen LogP contribution in [0.3, 0.4) is 0 Å². The molecule has 0 saturated heterocycles. The number of aryl methyl sites for hydroxylation is 1. The zero-order chi connectivity index (χ0) is 21.5. The van der Waals surface area contributed by atoms with Gasteiger partial charge in [-0.05, 0) is 37.5 Å². The molecule has 0 spiro atoms. The Morgan fingerprint density at radius 2 is 1.90 bits per heavy atom. The summed E-state index contributed by atoms with van der Waals surface area (Å²) in [5.41, 5.74) is 4.79. The molecule has 6 nitrogen and oxygen atoms in total. The van der Waals surface area contributed by atoms with Crippen LogP contribution in [0.1, 0.15) is 48.1 Å². The van der Waals surface area contributed by atoms with Crippen molar-refractivity contribution in [3.8, 4) is 5.75 Å². The fraction of sp³-hybridized carbons (Fsp3) is 0.417. The molecule has 2 N–H and O–H groups in total. The fourth-order valence-electron chi connectivity index (χ4n) is 3.78. The smallest absolute Gasteiger partial charge is 0.223 e. The Morgan fingerprint density at radius 1 is 1.20 bits per heavy atom. The highest BCUT2D eigenvalue weighted by molar-refractivity contribution is 5.80. The van der Waals surface area contributed by atoms with E-state index in [4.69, 9.17) is 4.74 Å². The SMILES string of the molecule is CN=C(NCCCC(=O)N1Cc2ccccc2C1)NC(C)c1cc(C)ccc1OC. The van der Waals surface area contributed by atoms with Crippen LogP contribution >= 0.6 is 0 Å². The van der Waals surface area contributed by atoms with Crippen molar-refractivity contribution in [1.29, 1.82) is 0 Å². The Labute approximate surface area is 179 Å². The molecule has 30 heavy (non-hydrogen) atoms. The summed E-state index contributed by atoms with van der Waals surface area (Å²) >= 11 is 0. The molecule has 160 valence electrons. The number of carbonyl (C=O) groups is 1. The highest BCUT2D eigenvalue weighted by Crippen LogP contribution is 2.26. The van der Waals surface area contributed by atoms with Crippen molar-refractivity contribution in [3.05, 3.63) is 64.7 Å². The van der Waals surface area contributed by atoms with Crippen molar-refractivity contribution in [3.63, 3.8) is 0 Å². The van der Waals surface area contributed by atoms with E-state index in [9.17, 15) is 4.79 Å². The number of ether oxygens (including phenoxy) is 1. The summed E-state index contributed by atoms with van der Waals surface area (Å²) in [6, 6.07) is 14.5. The second-order valence-electron chi connectivity index (χ2n) is 7.73. The Kier molecular flexibility index (Phi) is 7.33. The summed E-state index contributed by atoms with van der Waals surface area (Å²) in [6.45, 7) is 6.28. The van der Waals surface area contributed by atoms with Crippen molar-refractivity contribution in [1.82, 2.24) is 15.5 Å². The second-order valence-corrected chi connectivity index (χ2v) is 7.73. The van der Waals surface area contributed by atoms with Crippen LogP contribution in [0.25, 0.3) is 0 Å². The van der Waals surface area contributed by atoms with Gasteiger partial charge in [-0.25, -0.2) is 0 Å². The van der Waals surface area contributed by atoms with Crippen molar-refractivity contribution in [2.45, 2.75) is 45.8 Å². The number of amides is 1. The number of rotatable bonds is 7. The van der Waals surface area contributed by atoms with Gasteiger partial charge in [0, 0.05) is 38.7 Å². The molecule has 1 unspecified atom stereocenters. The minimum atomic E-state index is 0.0378. The molecule has 1 amide bonds. The van der Waals surface area contributed by atoms with E-state index in [0.29, 0.717) is 18.9 Å². The van der Waals surface area contributed by atoms with Crippen LogP contribution in [0, 0.1) is 6.92 Å². The molecule has 1 atom stereocenters. The van der Waals surface area contributed by atoms with Crippen LogP contribution in [-0.2, 0) is 17.9 Å². The maximum atomic E-state index is 12.5. The minimum absolute atomic E-state index is 0.0378. The van der Waals surface area contributed by atoms with E-state index in [1.807, 2.05) is 29.2 Å². The van der Waals surface area contributed by atoms with E-state index >= 15 is 0 Å². The molecule has 1 aliphatic rings. The van der Waals surface area contributed by atoms with Gasteiger partial charge in [0.15, 0.2) is 5.96 Å². The first-order valence-corrected chi connectivity index (χ1v) is 10.5. The highest BCUT2D eigenvalue weighted by Gasteiger charge is 2.22. The van der Waals surface area contributed by atoms with Crippen LogP contribution < -0.4 is 15.4 Å². The zero-order valence-electron chi connectivity index (χ0n) is 18.4. The normalized spacial score (nSPS) is 14.3. The van der Waals surface area contributed by atoms with Crippen LogP contribution in [0.4, 0.5) is 0 Å². The van der Waals surface area contributed by atoms with Crippen molar-refractivity contribution < 1.29 is 9.53 Å². The predicted molar refractivity (Wildman–Crippen MR) is 121 cm³/mol. The summed E-state index contributed by atoms with van der Waals surface area (Å²) in [6.07, 6.45) is 1.29. The minimum Gasteiger partial charge on any atom is -0.496 e. The monoisotopic (exact) mass is 408 g/mol. The van der Waals surface area contributed by atoms with Gasteiger partial charge in [0.2, 0.25) is 5.91 Å². The lowest BCUT2D eigenvalue weighted by Crippen LogP contribution is -2.39. The molecular weight excluding hydrogens is 376 g/mol. The summed E-state index contributed by atoms with van der Waals surface area (Å²) in [5.74, 6) is 1.77. The number of methoxy groups -OCH3 is 1. The average molecular weight is 409 g/mol. The van der Waals surface area contributed by atoms with E-state index in [1.54, 1.807) is 14.2 Å². The molecule has 3 rings (SSSR count). The molecule has 2 aromatic rings. The van der Waals surface area contributed by atoms with E-state index in [2.05, 4.69) is 47.7 Å². The summed E-state index contributed by atoms with van der Waals surface area (Å²) in [5, 5.41) is 6.72. The maximum absolute atomic E-state index is 12.5. The molecule has 0 bridgehead atoms. The number of carbonyl (C=O) groups excluding carboxylic acids is 1. The molecular formula is C24H32N4O2. The van der Waals surface area contributed by atoms with Gasteiger partial charge >= 0.3 is 0 Å². The van der Waals surface area contributed by atoms with Crippen molar-refractivity contribution in [2.75, 3.05) is 20.7 Å². The quantitative estimate of drug-likeness (QED) is 0.418. The summed E-state index contributed by atoms with van der Waals surface area (Å²) < 4.78 is 5.49. The number of nitrogens with one attached hydrogen (secondary N) is 2. The van der Waals surface area contributed by atoms with Gasteiger partial charge in [0.05, 0.1) is 13.2 Å². The lowest BCUT2D eigenvalue weighted by atomic mass is 10.0. The van der Waals surface area contributed by atoms with Gasteiger partial charge < -0.3 is 20.3 Å². The van der Waals surface area contributed by atoms with Gasteiger partial charge in [0.1, 0.15) is 5.75 Å². The Morgan fingerprint density at radius 3 is 2.53 bits per heavy atom. The number of hydrogen-bond donors (Lipinski definition) is 2. The van der Waals surface area contributed by atoms with Gasteiger partial charge in [-0.2, -0.15) is 0 Å². The van der Waals surface area contributed by atoms with Crippen molar-refractivity contribution in [2.24, 2.45) is 4.99 Å². The fourth-order valence-corrected chi connectivity index (χ4v) is 3.78. The second kappa shape index (κ2) is 10.1. The first-order chi connectivity index (χ1) is 14.5. The molecule has 0 fully saturated rings. The third-order valence-electron chi connectivity index (χ3n) is 5.48. The average Bonchev–Trinajstić information content (AvgIpc) is 3.20. The molecule has 0 saturated carbocycles. The van der Waals surface area contributed by atoms with Gasteiger partial charge in [-0.15, -0.1) is 0 Å². The number of benzene rings is 2. The molecule has 2 aromatic carbocycles. The zero-order valence-corrected chi connectivity index (χ0v) is 18.4. The summed E-state index contributed by atoms with van der Waals surface area (Å²) in [7, 11) is 3.44. The topological polar surface area (TPSA) is 66.0 Å². The first-order valence-electron chi connectivity index (χ1n) is 10.5. The number of hydrogen-bond acceptors (Lipinski definition) is 3. The number of nitrogens with zero attached hydrogens (tertiary/aromatic N) is 2. The highest BCUT2D eigenvalue weighted by atomic mass is 16.5. The van der Waals surface area contributed by atoms with Gasteiger partial charge in [-0.1, -0.05) is 42.0 Å². The van der Waals surface area contributed by atoms with Crippen LogP contribution in [0.15, 0.2) is 47.5 Å². The first kappa shape index (κ1) is 21.7. The van der Waals surface area contributed by atoms with E-state index in [1.165, 1.54) is 16.7 Å². The third kappa shape index (κ3) is 5.32. The Hall–Kier alpha value is -3.02. The molecule has 1 heterocycles. The third-order valence-corrected chi connectivity index (χ3v) is 5.48. The molecule has 0 aliphatic carbocycles. The Balaban J connectivity index is 1.44. The van der Waals surface area contributed by atoms with Crippen LogP contribution in [-0.4, -0.2) is 37.5 Å². The van der Waals surface area contributed by atoms with Gasteiger partial charge in [-0.3, -0.25) is 9.79 Å². The van der Waals surface area contributed by atoms with Crippen molar-refractivity contribution >= 4 is 11.9 Å². The number of aliphatic imine (C=N–C) groups is 1. The van der Waals surface area contributed by atoms with E-state index < -0.39 is 0 Å².